The lowest BCUT2D eigenvalue weighted by Crippen LogP contribution is -2.38. The molecule has 0 bridgehead atoms. The largest absolute Gasteiger partial charge is 0.497 e. The molecule has 5 heteroatoms. The van der Waals surface area contributed by atoms with E-state index >= 15 is 0 Å². The van der Waals surface area contributed by atoms with Crippen LogP contribution >= 0.6 is 11.8 Å². The number of amides is 2. The normalized spacial score (nSPS) is 11.9. The highest BCUT2D eigenvalue weighted by Gasteiger charge is 2.09. The molecular weight excluding hydrogens is 344 g/mol. The van der Waals surface area contributed by atoms with Crippen LogP contribution in [0, 0.1) is 0 Å². The third-order valence-corrected chi connectivity index (χ3v) is 4.97. The van der Waals surface area contributed by atoms with Crippen molar-refractivity contribution in [2.75, 3.05) is 13.7 Å². The molecule has 2 N–H and O–H groups in total. The topological polar surface area (TPSA) is 50.4 Å². The molecule has 0 aromatic heterocycles. The summed E-state index contributed by atoms with van der Waals surface area (Å²) in [6, 6.07) is 16.1. The van der Waals surface area contributed by atoms with Gasteiger partial charge in [0.1, 0.15) is 5.75 Å². The molecule has 1 unspecified atom stereocenters. The monoisotopic (exact) mass is 372 g/mol. The molecule has 0 radical (unpaired) electrons. The summed E-state index contributed by atoms with van der Waals surface area (Å²) < 4.78 is 5.14. The van der Waals surface area contributed by atoms with Crippen molar-refractivity contribution in [1.82, 2.24) is 10.6 Å². The predicted molar refractivity (Wildman–Crippen MR) is 109 cm³/mol. The summed E-state index contributed by atoms with van der Waals surface area (Å²) in [5.41, 5.74) is 2.26. The average molecular weight is 373 g/mol. The molecule has 2 rings (SSSR count). The van der Waals surface area contributed by atoms with Crippen molar-refractivity contribution in [3.05, 3.63) is 59.7 Å². The van der Waals surface area contributed by atoms with Gasteiger partial charge in [-0.05, 0) is 48.7 Å². The zero-order valence-corrected chi connectivity index (χ0v) is 16.7. The Morgan fingerprint density at radius 3 is 2.27 bits per heavy atom. The quantitative estimate of drug-likeness (QED) is 0.655. The van der Waals surface area contributed by atoms with Crippen LogP contribution in [0.15, 0.2) is 53.4 Å². The SMILES string of the molecule is COc1ccc(CCNC(=O)NC(C)c2ccc(SC(C)C)cc2)cc1. The van der Waals surface area contributed by atoms with Crippen molar-refractivity contribution in [3.8, 4) is 5.75 Å². The molecule has 2 aromatic carbocycles. The van der Waals surface area contributed by atoms with E-state index in [-0.39, 0.29) is 12.1 Å². The number of carbonyl (C=O) groups is 1. The van der Waals surface area contributed by atoms with Gasteiger partial charge in [-0.15, -0.1) is 11.8 Å². The number of urea groups is 1. The first-order chi connectivity index (χ1) is 12.5. The maximum absolute atomic E-state index is 12.1. The van der Waals surface area contributed by atoms with Crippen molar-refractivity contribution < 1.29 is 9.53 Å². The third kappa shape index (κ3) is 6.64. The van der Waals surface area contributed by atoms with E-state index in [1.54, 1.807) is 7.11 Å². The molecule has 0 aliphatic heterocycles. The second kappa shape index (κ2) is 10.1. The number of methoxy groups -OCH3 is 1. The predicted octanol–water partition coefficient (Wildman–Crippen LogP) is 4.80. The molecule has 140 valence electrons. The molecule has 4 nitrogen and oxygen atoms in total. The Morgan fingerprint density at radius 2 is 1.69 bits per heavy atom. The minimum atomic E-state index is -0.147. The Labute approximate surface area is 160 Å². The lowest BCUT2D eigenvalue weighted by atomic mass is 10.1. The molecule has 2 aromatic rings. The molecule has 0 saturated carbocycles. The molecule has 26 heavy (non-hydrogen) atoms. The lowest BCUT2D eigenvalue weighted by Gasteiger charge is -2.16. The highest BCUT2D eigenvalue weighted by molar-refractivity contribution is 7.99. The fourth-order valence-electron chi connectivity index (χ4n) is 2.55. The molecule has 0 saturated heterocycles. The molecule has 0 aliphatic carbocycles. The van der Waals surface area contributed by atoms with Crippen molar-refractivity contribution in [2.24, 2.45) is 0 Å². The van der Waals surface area contributed by atoms with Gasteiger partial charge in [-0.3, -0.25) is 0 Å². The number of nitrogens with one attached hydrogen (secondary N) is 2. The highest BCUT2D eigenvalue weighted by atomic mass is 32.2. The number of carbonyl (C=O) groups excluding carboxylic acids is 1. The minimum absolute atomic E-state index is 0.0333. The smallest absolute Gasteiger partial charge is 0.315 e. The van der Waals surface area contributed by atoms with Gasteiger partial charge in [0.2, 0.25) is 0 Å². The van der Waals surface area contributed by atoms with Gasteiger partial charge in [0.15, 0.2) is 0 Å². The molecular formula is C21H28N2O2S. The van der Waals surface area contributed by atoms with Crippen LogP contribution in [-0.4, -0.2) is 24.9 Å². The van der Waals surface area contributed by atoms with Crippen LogP contribution in [-0.2, 0) is 6.42 Å². The minimum Gasteiger partial charge on any atom is -0.497 e. The van der Waals surface area contributed by atoms with E-state index in [2.05, 4.69) is 48.7 Å². The van der Waals surface area contributed by atoms with Crippen molar-refractivity contribution in [3.63, 3.8) is 0 Å². The summed E-state index contributed by atoms with van der Waals surface area (Å²) in [6.07, 6.45) is 0.785. The Balaban J connectivity index is 1.75. The van der Waals surface area contributed by atoms with Crippen LogP contribution in [0.1, 0.15) is 37.9 Å². The van der Waals surface area contributed by atoms with Crippen LogP contribution < -0.4 is 15.4 Å². The molecule has 0 heterocycles. The first-order valence-corrected chi connectivity index (χ1v) is 9.80. The third-order valence-electron chi connectivity index (χ3n) is 3.96. The second-order valence-electron chi connectivity index (χ2n) is 6.46. The fraction of sp³-hybridized carbons (Fsp3) is 0.381. The standard InChI is InChI=1S/C21H28N2O2S/c1-15(2)26-20-11-7-18(8-12-20)16(3)23-21(24)22-14-13-17-5-9-19(25-4)10-6-17/h5-12,15-16H,13-14H2,1-4H3,(H2,22,23,24). The number of ether oxygens (including phenoxy) is 1. The van der Waals surface area contributed by atoms with Crippen LogP contribution in [0.25, 0.3) is 0 Å². The van der Waals surface area contributed by atoms with E-state index in [1.807, 2.05) is 43.0 Å². The van der Waals surface area contributed by atoms with Gasteiger partial charge in [-0.2, -0.15) is 0 Å². The van der Waals surface area contributed by atoms with E-state index < -0.39 is 0 Å². The summed E-state index contributed by atoms with van der Waals surface area (Å²) in [5, 5.41) is 6.46. The molecule has 0 aliphatic rings. The van der Waals surface area contributed by atoms with Gasteiger partial charge >= 0.3 is 6.03 Å². The Hall–Kier alpha value is -2.14. The maximum atomic E-state index is 12.1. The summed E-state index contributed by atoms with van der Waals surface area (Å²) in [5.74, 6) is 0.839. The fourth-order valence-corrected chi connectivity index (χ4v) is 3.39. The number of hydrogen-bond donors (Lipinski definition) is 2. The Kier molecular flexibility index (Phi) is 7.85. The Morgan fingerprint density at radius 1 is 1.04 bits per heavy atom. The van der Waals surface area contributed by atoms with Gasteiger partial charge in [-0.25, -0.2) is 4.79 Å². The zero-order valence-electron chi connectivity index (χ0n) is 15.9. The van der Waals surface area contributed by atoms with E-state index in [9.17, 15) is 4.79 Å². The van der Waals surface area contributed by atoms with E-state index in [0.29, 0.717) is 11.8 Å². The van der Waals surface area contributed by atoms with Crippen LogP contribution in [0.4, 0.5) is 4.79 Å². The maximum Gasteiger partial charge on any atom is 0.315 e. The average Bonchev–Trinajstić information content (AvgIpc) is 2.62. The number of thioether (sulfide) groups is 1. The van der Waals surface area contributed by atoms with Gasteiger partial charge in [-0.1, -0.05) is 38.1 Å². The van der Waals surface area contributed by atoms with Gasteiger partial charge in [0.25, 0.3) is 0 Å². The summed E-state index contributed by atoms with van der Waals surface area (Å²) in [4.78, 5) is 13.3. The summed E-state index contributed by atoms with van der Waals surface area (Å²) in [6.45, 7) is 6.95. The van der Waals surface area contributed by atoms with Gasteiger partial charge in [0.05, 0.1) is 13.2 Å². The van der Waals surface area contributed by atoms with E-state index in [1.165, 1.54) is 4.90 Å². The molecule has 1 atom stereocenters. The molecule has 0 spiro atoms. The lowest BCUT2D eigenvalue weighted by molar-refractivity contribution is 0.238. The van der Waals surface area contributed by atoms with Crippen molar-refractivity contribution >= 4 is 17.8 Å². The number of hydrogen-bond acceptors (Lipinski definition) is 3. The number of benzene rings is 2. The molecule has 2 amide bonds. The van der Waals surface area contributed by atoms with Crippen LogP contribution in [0.2, 0.25) is 0 Å². The number of rotatable bonds is 8. The van der Waals surface area contributed by atoms with Crippen LogP contribution in [0.5, 0.6) is 5.75 Å². The van der Waals surface area contributed by atoms with E-state index in [4.69, 9.17) is 4.74 Å². The second-order valence-corrected chi connectivity index (χ2v) is 8.11. The van der Waals surface area contributed by atoms with E-state index in [0.717, 1.165) is 23.3 Å². The molecule has 0 fully saturated rings. The first kappa shape index (κ1) is 20.2. The first-order valence-electron chi connectivity index (χ1n) is 8.92. The Bertz CT molecular complexity index is 684. The van der Waals surface area contributed by atoms with Crippen molar-refractivity contribution in [1.29, 1.82) is 0 Å². The summed E-state index contributed by atoms with van der Waals surface area (Å²) in [7, 11) is 1.65. The van der Waals surface area contributed by atoms with Gasteiger partial charge in [0, 0.05) is 16.7 Å². The zero-order chi connectivity index (χ0) is 18.9. The van der Waals surface area contributed by atoms with Gasteiger partial charge < -0.3 is 15.4 Å². The highest BCUT2D eigenvalue weighted by Crippen LogP contribution is 2.24. The van der Waals surface area contributed by atoms with Crippen molar-refractivity contribution in [2.45, 2.75) is 43.4 Å². The van der Waals surface area contributed by atoms with Crippen LogP contribution in [0.3, 0.4) is 0 Å². The summed E-state index contributed by atoms with van der Waals surface area (Å²) >= 11 is 1.84.